The van der Waals surface area contributed by atoms with Crippen molar-refractivity contribution in [3.8, 4) is 45.3 Å². The molecule has 106 heavy (non-hydrogen) atoms. The smallest absolute Gasteiger partial charge is 0.450 e. The van der Waals surface area contributed by atoms with Crippen LogP contribution in [0.2, 0.25) is 5.02 Å². The van der Waals surface area contributed by atoms with E-state index in [1.54, 1.807) is 111 Å². The van der Waals surface area contributed by atoms with Crippen molar-refractivity contribution >= 4 is 73.9 Å². The van der Waals surface area contributed by atoms with Crippen LogP contribution >= 0.6 is 27.5 Å². The molecule has 0 saturated carbocycles. The van der Waals surface area contributed by atoms with Gasteiger partial charge in [-0.3, -0.25) is 19.2 Å². The van der Waals surface area contributed by atoms with Crippen LogP contribution in [0.25, 0.3) is 45.3 Å². The third kappa shape index (κ3) is 21.0. The molecule has 0 spiro atoms. The summed E-state index contributed by atoms with van der Waals surface area (Å²) >= 11 is 9.07. The average Bonchev–Trinajstić information content (AvgIpc) is 1.66. The number of rotatable bonds is 12. The number of anilines is 4. The second kappa shape index (κ2) is 32.8. The van der Waals surface area contributed by atoms with Gasteiger partial charge in [0.2, 0.25) is 17.3 Å². The second-order valence-corrected chi connectivity index (χ2v) is 25.8. The Morgan fingerprint density at radius 3 is 0.887 bits per heavy atom. The molecule has 4 amide bonds. The quantitative estimate of drug-likeness (QED) is 0.0877. The Hall–Kier alpha value is -11.3. The molecule has 0 aliphatic carbocycles. The first-order chi connectivity index (χ1) is 49.7. The molecular weight excluding hydrogens is 1490 g/mol. The maximum atomic E-state index is 13.4. The van der Waals surface area contributed by atoms with Gasteiger partial charge in [-0.05, 0) is 210 Å². The highest BCUT2D eigenvalue weighted by atomic mass is 79.9. The lowest BCUT2D eigenvalue weighted by atomic mass is 10.1. The maximum Gasteiger partial charge on any atom is 0.450 e. The van der Waals surface area contributed by atoms with Gasteiger partial charge in [-0.2, -0.15) is 52.7 Å². The Kier molecular flexibility index (Phi) is 24.4. The Bertz CT molecular complexity index is 4930. The van der Waals surface area contributed by atoms with Gasteiger partial charge in [0.1, 0.15) is 28.8 Å². The molecule has 0 aliphatic rings. The van der Waals surface area contributed by atoms with Crippen LogP contribution in [-0.2, 0) is 24.7 Å². The van der Waals surface area contributed by atoms with E-state index in [1.165, 1.54) is 30.3 Å². The fourth-order valence-corrected chi connectivity index (χ4v) is 11.4. The molecule has 12 aromatic rings. The van der Waals surface area contributed by atoms with Gasteiger partial charge in [-0.1, -0.05) is 119 Å². The van der Waals surface area contributed by atoms with Crippen molar-refractivity contribution in [3.63, 3.8) is 0 Å². The van der Waals surface area contributed by atoms with Gasteiger partial charge in [0, 0.05) is 54.5 Å². The molecule has 12 rings (SSSR count). The van der Waals surface area contributed by atoms with Crippen molar-refractivity contribution in [2.45, 2.75) is 80.1 Å². The zero-order chi connectivity index (χ0) is 77.3. The van der Waals surface area contributed by atoms with E-state index in [9.17, 15) is 71.9 Å². The zero-order valence-corrected chi connectivity index (χ0v) is 59.5. The number of hydrogen-bond acceptors (Lipinski definition) is 8. The van der Waals surface area contributed by atoms with Gasteiger partial charge in [-0.25, -0.2) is 0 Å². The molecule has 0 atom stereocenters. The summed E-state index contributed by atoms with van der Waals surface area (Å²) in [6.45, 7) is 14.2. The molecule has 0 bridgehead atoms. The number of benzene rings is 8. The number of aryl methyl sites for hydroxylation is 8. The summed E-state index contributed by atoms with van der Waals surface area (Å²) in [4.78, 5) is 50.0. The predicted molar refractivity (Wildman–Crippen MR) is 385 cm³/mol. The lowest BCUT2D eigenvalue weighted by Crippen LogP contribution is -2.17. The SMILES string of the molecule is Cc1cc(C)cc(NC(=O)c2cc(-c3ccc(Br)cc3)oc2C(F)(F)F)c1.Cc1cc(C)cc(NC(=O)c2cc(-c3ccc(Cl)cc3)oc2C(F)(F)F)c1.Cc1cc(C)cc(NC(=O)c2cc(-c3ccccc3)oc2C(F)(F)F)c1.Cc1cc(NC(=O)c2cc(-c3ccccc3)oc2C)cc(C(F)(F)F)c1. The normalized spacial score (nSPS) is 11.5. The molecule has 0 unspecified atom stereocenters. The van der Waals surface area contributed by atoms with Gasteiger partial charge in [0.15, 0.2) is 0 Å². The van der Waals surface area contributed by atoms with Crippen LogP contribution < -0.4 is 21.3 Å². The summed E-state index contributed by atoms with van der Waals surface area (Å²) in [5.41, 5.74) is 7.01. The van der Waals surface area contributed by atoms with E-state index in [4.69, 9.17) is 29.3 Å². The highest BCUT2D eigenvalue weighted by Gasteiger charge is 2.43. The van der Waals surface area contributed by atoms with Crippen molar-refractivity contribution in [1.82, 2.24) is 0 Å². The topological polar surface area (TPSA) is 169 Å². The molecule has 26 heteroatoms. The minimum absolute atomic E-state index is 0.0107. The summed E-state index contributed by atoms with van der Waals surface area (Å²) < 4.78 is 180. The fourth-order valence-electron chi connectivity index (χ4n) is 11.0. The Balaban J connectivity index is 0.000000163. The minimum atomic E-state index is -4.81. The van der Waals surface area contributed by atoms with Crippen LogP contribution in [0, 0.1) is 55.4 Å². The Labute approximate surface area is 612 Å². The minimum Gasteiger partial charge on any atom is -0.461 e. The van der Waals surface area contributed by atoms with Gasteiger partial charge in [0.05, 0.1) is 27.8 Å². The van der Waals surface area contributed by atoms with Crippen LogP contribution in [0.1, 0.15) is 109 Å². The maximum absolute atomic E-state index is 13.4. The van der Waals surface area contributed by atoms with Crippen LogP contribution in [0.15, 0.2) is 228 Å². The number of furan rings is 4. The first-order valence-electron chi connectivity index (χ1n) is 31.8. The van der Waals surface area contributed by atoms with E-state index in [2.05, 4.69) is 37.2 Å². The van der Waals surface area contributed by atoms with E-state index >= 15 is 0 Å². The van der Waals surface area contributed by atoms with Crippen LogP contribution in [-0.4, -0.2) is 23.6 Å². The van der Waals surface area contributed by atoms with Gasteiger partial charge in [0.25, 0.3) is 23.6 Å². The summed E-state index contributed by atoms with van der Waals surface area (Å²) in [5, 5.41) is 10.5. The van der Waals surface area contributed by atoms with Crippen LogP contribution in [0.3, 0.4) is 0 Å². The molecule has 0 aliphatic heterocycles. The van der Waals surface area contributed by atoms with Crippen molar-refractivity contribution in [2.75, 3.05) is 21.3 Å². The van der Waals surface area contributed by atoms with E-state index < -0.39 is 87.9 Å². The molecule has 8 aromatic carbocycles. The number of hydrogen-bond donors (Lipinski definition) is 4. The summed E-state index contributed by atoms with van der Waals surface area (Å²) in [5.74, 6) is -6.31. The third-order valence-electron chi connectivity index (χ3n) is 15.3. The second-order valence-electron chi connectivity index (χ2n) is 24.4. The average molecular weight is 1550 g/mol. The Morgan fingerprint density at radius 2 is 0.575 bits per heavy atom. The molecule has 4 N–H and O–H groups in total. The first-order valence-corrected chi connectivity index (χ1v) is 33.0. The number of alkyl halides is 12. The van der Waals surface area contributed by atoms with E-state index in [0.717, 1.165) is 73.7 Å². The number of halogens is 14. The molecule has 4 heterocycles. The number of carbonyl (C=O) groups is 4. The van der Waals surface area contributed by atoms with E-state index in [1.807, 2.05) is 90.1 Å². The Morgan fingerprint density at radius 1 is 0.311 bits per heavy atom. The predicted octanol–water partition coefficient (Wildman–Crippen LogP) is 24.8. The van der Waals surface area contributed by atoms with Crippen molar-refractivity contribution in [3.05, 3.63) is 306 Å². The zero-order valence-electron chi connectivity index (χ0n) is 57.2. The number of amides is 4. The number of nitrogens with one attached hydrogen (secondary N) is 4. The lowest BCUT2D eigenvalue weighted by molar-refractivity contribution is -0.153. The molecule has 4 aromatic heterocycles. The summed E-state index contributed by atoms with van der Waals surface area (Å²) in [7, 11) is 0. The summed E-state index contributed by atoms with van der Waals surface area (Å²) in [6.07, 6.45) is -18.8. The van der Waals surface area contributed by atoms with E-state index in [-0.39, 0.29) is 28.5 Å². The van der Waals surface area contributed by atoms with Crippen molar-refractivity contribution in [2.24, 2.45) is 0 Å². The van der Waals surface area contributed by atoms with E-state index in [0.29, 0.717) is 55.9 Å². The molecule has 548 valence electrons. The third-order valence-corrected chi connectivity index (χ3v) is 16.1. The van der Waals surface area contributed by atoms with Crippen LogP contribution in [0.5, 0.6) is 0 Å². The monoisotopic (exact) mass is 1550 g/mol. The van der Waals surface area contributed by atoms with Crippen molar-refractivity contribution in [1.29, 1.82) is 0 Å². The van der Waals surface area contributed by atoms with Crippen LogP contribution in [0.4, 0.5) is 75.4 Å². The van der Waals surface area contributed by atoms with Gasteiger partial charge >= 0.3 is 24.7 Å². The van der Waals surface area contributed by atoms with Crippen molar-refractivity contribution < 1.29 is 89.5 Å². The number of carbonyl (C=O) groups excluding carboxylic acids is 4. The molecule has 0 fully saturated rings. The highest BCUT2D eigenvalue weighted by Crippen LogP contribution is 2.42. The standard InChI is InChI=1S/C20H15BrF3NO2.C20H15ClF3NO2.2C20H16F3NO2/c2*1-11-7-12(2)9-15(8-11)25-19(26)16-10-17(27-18(16)20(22,23)24)13-3-5-14(21)6-4-13;1-12-8-15(20(21,22)23)10-16(9-12)24-19(25)17-11-18(26-13(17)2)14-6-4-3-5-7-14;1-12-8-13(2)10-15(9-12)24-19(25)16-11-17(14-6-4-3-5-7-14)26-18(16)20(21,22)23/h2*3-10H,1-2H3,(H,25,26);2*3-11H,1-2H3,(H,24,25). The first kappa shape index (κ1) is 78.8. The highest BCUT2D eigenvalue weighted by molar-refractivity contribution is 9.10. The fraction of sp³-hybridized carbons (Fsp3) is 0.150. The van der Waals surface area contributed by atoms with Gasteiger partial charge < -0.3 is 38.9 Å². The molecule has 0 saturated heterocycles. The molecule has 12 nitrogen and oxygen atoms in total. The van der Waals surface area contributed by atoms with Gasteiger partial charge in [-0.15, -0.1) is 0 Å². The molecular formula is C80H62BrClF12N4O8. The molecule has 0 radical (unpaired) electrons. The summed E-state index contributed by atoms with van der Waals surface area (Å²) in [6, 6.07) is 54.4. The lowest BCUT2D eigenvalue weighted by Gasteiger charge is -2.11. The largest absolute Gasteiger partial charge is 0.461 e.